The maximum absolute atomic E-state index is 11.6. The standard InChI is InChI=1S/C13H9ClN4O2S/c1-21-13-16-9(14)5-10(17-13)15-6-2-3-7-8(4-6)12(20)18-11(7)19/h2-5H,1H3,(H,15,16,17)(H,18,19,20). The van der Waals surface area contributed by atoms with Gasteiger partial charge in [-0.25, -0.2) is 9.97 Å². The summed E-state index contributed by atoms with van der Waals surface area (Å²) in [5, 5.41) is 6.16. The highest BCUT2D eigenvalue weighted by Crippen LogP contribution is 2.24. The highest BCUT2D eigenvalue weighted by atomic mass is 35.5. The smallest absolute Gasteiger partial charge is 0.259 e. The minimum absolute atomic E-state index is 0.325. The summed E-state index contributed by atoms with van der Waals surface area (Å²) in [4.78, 5) is 31.4. The van der Waals surface area contributed by atoms with Crippen LogP contribution in [0, 0.1) is 0 Å². The lowest BCUT2D eigenvalue weighted by Crippen LogP contribution is -2.19. The van der Waals surface area contributed by atoms with Crippen molar-refractivity contribution in [2.24, 2.45) is 0 Å². The minimum Gasteiger partial charge on any atom is -0.340 e. The number of hydrogen-bond donors (Lipinski definition) is 2. The molecule has 0 bridgehead atoms. The normalized spacial score (nSPS) is 13.0. The van der Waals surface area contributed by atoms with Gasteiger partial charge in [-0.3, -0.25) is 14.9 Å². The van der Waals surface area contributed by atoms with Gasteiger partial charge in [0.2, 0.25) is 0 Å². The van der Waals surface area contributed by atoms with Gasteiger partial charge in [0.25, 0.3) is 11.8 Å². The van der Waals surface area contributed by atoms with Gasteiger partial charge < -0.3 is 5.32 Å². The number of imide groups is 1. The Bertz CT molecular complexity index is 766. The number of rotatable bonds is 3. The lowest BCUT2D eigenvalue weighted by Gasteiger charge is -2.07. The van der Waals surface area contributed by atoms with Gasteiger partial charge in [-0.2, -0.15) is 0 Å². The third-order valence-electron chi connectivity index (χ3n) is 2.87. The average molecular weight is 321 g/mol. The first-order valence-electron chi connectivity index (χ1n) is 5.92. The van der Waals surface area contributed by atoms with E-state index >= 15 is 0 Å². The number of halogens is 1. The van der Waals surface area contributed by atoms with Crippen molar-refractivity contribution in [1.82, 2.24) is 15.3 Å². The number of fused-ring (bicyclic) bond motifs is 1. The van der Waals surface area contributed by atoms with E-state index in [0.717, 1.165) is 0 Å². The Balaban J connectivity index is 1.93. The molecule has 2 N–H and O–H groups in total. The fraction of sp³-hybridized carbons (Fsp3) is 0.0769. The number of carbonyl (C=O) groups excluding carboxylic acids is 2. The van der Waals surface area contributed by atoms with Crippen LogP contribution in [0.15, 0.2) is 29.4 Å². The third kappa shape index (κ3) is 2.70. The molecule has 8 heteroatoms. The Kier molecular flexibility index (Phi) is 3.52. The molecule has 106 valence electrons. The second-order valence-corrected chi connectivity index (χ2v) is 5.39. The molecule has 1 aliphatic rings. The van der Waals surface area contributed by atoms with Crippen LogP contribution >= 0.6 is 23.4 Å². The van der Waals surface area contributed by atoms with E-state index in [0.29, 0.717) is 32.9 Å². The van der Waals surface area contributed by atoms with E-state index in [-0.39, 0.29) is 5.91 Å². The molecular formula is C13H9ClN4O2S. The predicted octanol–water partition coefficient (Wildman–Crippen LogP) is 2.48. The van der Waals surface area contributed by atoms with Gasteiger partial charge >= 0.3 is 0 Å². The van der Waals surface area contributed by atoms with E-state index in [1.807, 2.05) is 6.26 Å². The number of carbonyl (C=O) groups is 2. The molecule has 0 atom stereocenters. The Labute approximate surface area is 129 Å². The van der Waals surface area contributed by atoms with E-state index in [4.69, 9.17) is 11.6 Å². The van der Waals surface area contributed by atoms with Crippen molar-refractivity contribution in [2.45, 2.75) is 5.16 Å². The summed E-state index contributed by atoms with van der Waals surface area (Å²) >= 11 is 7.29. The zero-order valence-corrected chi connectivity index (χ0v) is 12.4. The first kappa shape index (κ1) is 13.8. The molecule has 6 nitrogen and oxygen atoms in total. The number of hydrogen-bond acceptors (Lipinski definition) is 6. The highest BCUT2D eigenvalue weighted by Gasteiger charge is 2.26. The van der Waals surface area contributed by atoms with Crippen LogP contribution < -0.4 is 10.6 Å². The van der Waals surface area contributed by atoms with Crippen molar-refractivity contribution in [2.75, 3.05) is 11.6 Å². The van der Waals surface area contributed by atoms with Crippen molar-refractivity contribution in [3.63, 3.8) is 0 Å². The number of benzene rings is 1. The van der Waals surface area contributed by atoms with E-state index in [2.05, 4.69) is 20.6 Å². The molecular weight excluding hydrogens is 312 g/mol. The van der Waals surface area contributed by atoms with Crippen molar-refractivity contribution in [3.8, 4) is 0 Å². The van der Waals surface area contributed by atoms with Crippen LogP contribution in [-0.2, 0) is 0 Å². The maximum atomic E-state index is 11.6. The van der Waals surface area contributed by atoms with Crippen molar-refractivity contribution in [1.29, 1.82) is 0 Å². The van der Waals surface area contributed by atoms with Crippen LogP contribution in [0.2, 0.25) is 5.15 Å². The molecule has 3 rings (SSSR count). The summed E-state index contributed by atoms with van der Waals surface area (Å²) in [5.74, 6) is -0.260. The number of thioether (sulfide) groups is 1. The number of amides is 2. The highest BCUT2D eigenvalue weighted by molar-refractivity contribution is 7.98. The van der Waals surface area contributed by atoms with E-state index < -0.39 is 5.91 Å². The summed E-state index contributed by atoms with van der Waals surface area (Å²) in [6.45, 7) is 0. The van der Waals surface area contributed by atoms with Crippen LogP contribution in [0.5, 0.6) is 0 Å². The van der Waals surface area contributed by atoms with Gasteiger partial charge in [-0.1, -0.05) is 23.4 Å². The quantitative estimate of drug-likeness (QED) is 0.391. The fourth-order valence-corrected chi connectivity index (χ4v) is 2.56. The zero-order valence-electron chi connectivity index (χ0n) is 10.8. The van der Waals surface area contributed by atoms with Crippen LogP contribution in [0.3, 0.4) is 0 Å². The van der Waals surface area contributed by atoms with Crippen molar-refractivity contribution < 1.29 is 9.59 Å². The largest absolute Gasteiger partial charge is 0.340 e. The lowest BCUT2D eigenvalue weighted by atomic mass is 10.1. The molecule has 0 unspecified atom stereocenters. The molecule has 0 spiro atoms. The second kappa shape index (κ2) is 5.34. The molecule has 21 heavy (non-hydrogen) atoms. The van der Waals surface area contributed by atoms with Gasteiger partial charge in [0, 0.05) is 11.8 Å². The molecule has 2 aromatic rings. The number of anilines is 2. The number of nitrogens with zero attached hydrogens (tertiary/aromatic N) is 2. The summed E-state index contributed by atoms with van der Waals surface area (Å²) in [6.07, 6.45) is 1.85. The average Bonchev–Trinajstić information content (AvgIpc) is 2.73. The van der Waals surface area contributed by atoms with Crippen molar-refractivity contribution >= 4 is 46.7 Å². The monoisotopic (exact) mass is 320 g/mol. The first-order chi connectivity index (χ1) is 10.1. The third-order valence-corrected chi connectivity index (χ3v) is 3.61. The SMILES string of the molecule is CSc1nc(Cl)cc(Nc2ccc3c(c2)C(=O)NC3=O)n1. The van der Waals surface area contributed by atoms with Gasteiger partial charge in [-0.15, -0.1) is 0 Å². The molecule has 1 aromatic heterocycles. The zero-order chi connectivity index (χ0) is 15.0. The summed E-state index contributed by atoms with van der Waals surface area (Å²) < 4.78 is 0. The van der Waals surface area contributed by atoms with Gasteiger partial charge in [-0.05, 0) is 24.5 Å². The number of aromatic nitrogens is 2. The first-order valence-corrected chi connectivity index (χ1v) is 7.52. The molecule has 0 saturated heterocycles. The van der Waals surface area contributed by atoms with E-state index in [1.165, 1.54) is 11.8 Å². The van der Waals surface area contributed by atoms with Crippen molar-refractivity contribution in [3.05, 3.63) is 40.5 Å². The Morgan fingerprint density at radius 2 is 1.90 bits per heavy atom. The van der Waals surface area contributed by atoms with Gasteiger partial charge in [0.05, 0.1) is 11.1 Å². The topological polar surface area (TPSA) is 84.0 Å². The van der Waals surface area contributed by atoms with Crippen LogP contribution in [0.1, 0.15) is 20.7 Å². The molecule has 1 aliphatic heterocycles. The van der Waals surface area contributed by atoms with Crippen LogP contribution in [0.25, 0.3) is 0 Å². The summed E-state index contributed by atoms with van der Waals surface area (Å²) in [5.41, 5.74) is 1.35. The molecule has 0 radical (unpaired) electrons. The Morgan fingerprint density at radius 3 is 2.67 bits per heavy atom. The summed E-state index contributed by atoms with van der Waals surface area (Å²) in [7, 11) is 0. The molecule has 1 aromatic carbocycles. The van der Waals surface area contributed by atoms with Crippen LogP contribution in [-0.4, -0.2) is 28.0 Å². The minimum atomic E-state index is -0.399. The summed E-state index contributed by atoms with van der Waals surface area (Å²) in [6, 6.07) is 6.48. The molecule has 0 aliphatic carbocycles. The Morgan fingerprint density at radius 1 is 1.14 bits per heavy atom. The lowest BCUT2D eigenvalue weighted by molar-refractivity contribution is 0.0879. The van der Waals surface area contributed by atoms with Crippen LogP contribution in [0.4, 0.5) is 11.5 Å². The fourth-order valence-electron chi connectivity index (χ4n) is 1.95. The Hall–Kier alpha value is -2.12. The number of nitrogens with one attached hydrogen (secondary N) is 2. The molecule has 2 heterocycles. The molecule has 2 amide bonds. The van der Waals surface area contributed by atoms with Gasteiger partial charge in [0.15, 0.2) is 5.16 Å². The second-order valence-electron chi connectivity index (χ2n) is 4.23. The molecule has 0 saturated carbocycles. The van der Waals surface area contributed by atoms with E-state index in [1.54, 1.807) is 24.3 Å². The molecule has 0 fully saturated rings. The van der Waals surface area contributed by atoms with Gasteiger partial charge in [0.1, 0.15) is 11.0 Å². The van der Waals surface area contributed by atoms with E-state index in [9.17, 15) is 9.59 Å². The maximum Gasteiger partial charge on any atom is 0.259 e. The predicted molar refractivity (Wildman–Crippen MR) is 80.3 cm³/mol.